The van der Waals surface area contributed by atoms with Crippen molar-refractivity contribution in [3.05, 3.63) is 65.2 Å². The highest BCUT2D eigenvalue weighted by Gasteiger charge is 2.08. The number of benzene rings is 2. The van der Waals surface area contributed by atoms with Crippen molar-refractivity contribution in [3.63, 3.8) is 0 Å². The van der Waals surface area contributed by atoms with Crippen LogP contribution in [0.3, 0.4) is 0 Å². The Kier molecular flexibility index (Phi) is 7.62. The molecule has 0 bridgehead atoms. The van der Waals surface area contributed by atoms with Gasteiger partial charge in [0.25, 0.3) is 11.7 Å². The van der Waals surface area contributed by atoms with Crippen LogP contribution in [0.4, 0.5) is 14.5 Å². The van der Waals surface area contributed by atoms with Crippen LogP contribution in [0, 0.1) is 0 Å². The van der Waals surface area contributed by atoms with Gasteiger partial charge in [-0.1, -0.05) is 41.6 Å². The molecule has 0 saturated heterocycles. The first-order valence-corrected chi connectivity index (χ1v) is 8.64. The molecule has 0 unspecified atom stereocenters. The molecular formula is C18H14ClF2NO3S. The summed E-state index contributed by atoms with van der Waals surface area (Å²) >= 11 is 6.37. The summed E-state index contributed by atoms with van der Waals surface area (Å²) in [6.45, 7) is -0.473. The Hall–Kier alpha value is -2.38. The Morgan fingerprint density at radius 3 is 2.50 bits per heavy atom. The van der Waals surface area contributed by atoms with E-state index in [1.807, 2.05) is 0 Å². The summed E-state index contributed by atoms with van der Waals surface area (Å²) in [5, 5.41) is 2.99. The third kappa shape index (κ3) is 6.85. The number of alkyl halides is 2. The second kappa shape index (κ2) is 9.94. The zero-order chi connectivity index (χ0) is 18.9. The molecule has 1 N–H and O–H groups in total. The van der Waals surface area contributed by atoms with Crippen molar-refractivity contribution in [2.75, 3.05) is 11.9 Å². The molecule has 0 aliphatic rings. The molecule has 4 nitrogen and oxygen atoms in total. The van der Waals surface area contributed by atoms with E-state index in [1.165, 1.54) is 36.4 Å². The molecule has 136 valence electrons. The van der Waals surface area contributed by atoms with E-state index in [0.717, 1.165) is 0 Å². The van der Waals surface area contributed by atoms with E-state index in [1.54, 1.807) is 24.3 Å². The minimum Gasteiger partial charge on any atom is -0.452 e. The van der Waals surface area contributed by atoms with Gasteiger partial charge in [0.15, 0.2) is 6.61 Å². The molecule has 8 heteroatoms. The highest BCUT2D eigenvalue weighted by atomic mass is 35.5. The second-order valence-corrected chi connectivity index (χ2v) is 6.38. The summed E-state index contributed by atoms with van der Waals surface area (Å²) < 4.78 is 29.3. The number of ether oxygens (including phenoxy) is 1. The summed E-state index contributed by atoms with van der Waals surface area (Å²) in [6.07, 6.45) is 2.66. The zero-order valence-corrected chi connectivity index (χ0v) is 14.9. The first-order valence-electron chi connectivity index (χ1n) is 7.38. The van der Waals surface area contributed by atoms with E-state index >= 15 is 0 Å². The minimum absolute atomic E-state index is 0.383. The maximum absolute atomic E-state index is 12.2. The molecule has 0 atom stereocenters. The summed E-state index contributed by atoms with van der Waals surface area (Å²) in [4.78, 5) is 23.8. The molecule has 0 aliphatic heterocycles. The normalized spacial score (nSPS) is 10.9. The molecule has 0 radical (unpaired) electrons. The third-order valence-electron chi connectivity index (χ3n) is 3.01. The van der Waals surface area contributed by atoms with Gasteiger partial charge in [-0.2, -0.15) is 8.78 Å². The van der Waals surface area contributed by atoms with E-state index in [4.69, 9.17) is 16.3 Å². The summed E-state index contributed by atoms with van der Waals surface area (Å²) in [5.74, 6) is -3.74. The van der Waals surface area contributed by atoms with Crippen LogP contribution in [0.5, 0.6) is 0 Å². The monoisotopic (exact) mass is 397 g/mol. The van der Waals surface area contributed by atoms with Crippen molar-refractivity contribution >= 4 is 47.0 Å². The lowest BCUT2D eigenvalue weighted by Crippen LogP contribution is -2.20. The van der Waals surface area contributed by atoms with Crippen molar-refractivity contribution in [2.45, 2.75) is 10.7 Å². The molecule has 26 heavy (non-hydrogen) atoms. The smallest absolute Gasteiger partial charge is 0.331 e. The molecule has 2 aromatic carbocycles. The molecule has 2 aromatic rings. The van der Waals surface area contributed by atoms with E-state index < -0.39 is 24.2 Å². The van der Waals surface area contributed by atoms with E-state index in [2.05, 4.69) is 5.32 Å². The van der Waals surface area contributed by atoms with Gasteiger partial charge in [-0.3, -0.25) is 4.79 Å². The number of anilines is 1. The lowest BCUT2D eigenvalue weighted by molar-refractivity contribution is -0.142. The number of halogens is 3. The molecule has 0 spiro atoms. The Labute approximate surface area is 158 Å². The van der Waals surface area contributed by atoms with Crippen molar-refractivity contribution in [3.8, 4) is 0 Å². The fourth-order valence-corrected chi connectivity index (χ4v) is 2.57. The van der Waals surface area contributed by atoms with Crippen LogP contribution in [0.1, 0.15) is 5.56 Å². The standard InChI is InChI=1S/C18H14ClF2NO3S/c19-15-4-2-1-3-12(15)5-10-17(24)25-11-16(23)22-13-6-8-14(9-7-13)26-18(20)21/h1-10,18H,11H2,(H,22,23). The van der Waals surface area contributed by atoms with E-state index in [-0.39, 0.29) is 0 Å². The van der Waals surface area contributed by atoms with Gasteiger partial charge in [0.05, 0.1) is 0 Å². The number of rotatable bonds is 7. The van der Waals surface area contributed by atoms with Crippen molar-refractivity contribution < 1.29 is 23.1 Å². The fraction of sp³-hybridized carbons (Fsp3) is 0.111. The topological polar surface area (TPSA) is 55.4 Å². The summed E-state index contributed by atoms with van der Waals surface area (Å²) in [6, 6.07) is 12.9. The number of amides is 1. The molecule has 0 heterocycles. The number of nitrogens with one attached hydrogen (secondary N) is 1. The highest BCUT2D eigenvalue weighted by molar-refractivity contribution is 7.99. The number of hydrogen-bond donors (Lipinski definition) is 1. The Morgan fingerprint density at radius 1 is 1.15 bits per heavy atom. The van der Waals surface area contributed by atoms with Gasteiger partial charge in [-0.05, 0) is 42.0 Å². The Bertz CT molecular complexity index is 797. The summed E-state index contributed by atoms with van der Waals surface area (Å²) in [7, 11) is 0. The zero-order valence-electron chi connectivity index (χ0n) is 13.3. The van der Waals surface area contributed by atoms with Gasteiger partial charge in [0.2, 0.25) is 0 Å². The first-order chi connectivity index (χ1) is 12.4. The number of carbonyl (C=O) groups is 2. The third-order valence-corrected chi connectivity index (χ3v) is 4.08. The van der Waals surface area contributed by atoms with Crippen LogP contribution in [0.15, 0.2) is 59.5 Å². The second-order valence-electron chi connectivity index (χ2n) is 4.91. The molecule has 0 saturated carbocycles. The number of carbonyl (C=O) groups excluding carboxylic acids is 2. The number of thioether (sulfide) groups is 1. The first kappa shape index (κ1) is 19.9. The van der Waals surface area contributed by atoms with Gasteiger partial charge < -0.3 is 10.1 Å². The molecule has 0 fully saturated rings. The van der Waals surface area contributed by atoms with Crippen molar-refractivity contribution in [2.24, 2.45) is 0 Å². The molecular weight excluding hydrogens is 384 g/mol. The van der Waals surface area contributed by atoms with Crippen LogP contribution in [0.25, 0.3) is 6.08 Å². The largest absolute Gasteiger partial charge is 0.452 e. The van der Waals surface area contributed by atoms with Gasteiger partial charge in [-0.15, -0.1) is 0 Å². The van der Waals surface area contributed by atoms with Crippen molar-refractivity contribution in [1.29, 1.82) is 0 Å². The van der Waals surface area contributed by atoms with E-state index in [0.29, 0.717) is 32.9 Å². The van der Waals surface area contributed by atoms with Crippen LogP contribution < -0.4 is 5.32 Å². The number of esters is 1. The van der Waals surface area contributed by atoms with Gasteiger partial charge in [-0.25, -0.2) is 4.79 Å². The van der Waals surface area contributed by atoms with Crippen LogP contribution in [-0.2, 0) is 14.3 Å². The fourth-order valence-electron chi connectivity index (χ4n) is 1.87. The predicted molar refractivity (Wildman–Crippen MR) is 98.4 cm³/mol. The SMILES string of the molecule is O=C(COC(=O)C=Cc1ccccc1Cl)Nc1ccc(SC(F)F)cc1. The summed E-state index contributed by atoms with van der Waals surface area (Å²) in [5.41, 5.74) is 1.06. The highest BCUT2D eigenvalue weighted by Crippen LogP contribution is 2.26. The van der Waals surface area contributed by atoms with Crippen LogP contribution >= 0.6 is 23.4 Å². The average Bonchev–Trinajstić information content (AvgIpc) is 2.60. The van der Waals surface area contributed by atoms with Gasteiger partial charge >= 0.3 is 5.97 Å². The quantitative estimate of drug-likeness (QED) is 0.412. The van der Waals surface area contributed by atoms with Gasteiger partial charge in [0.1, 0.15) is 0 Å². The number of hydrogen-bond acceptors (Lipinski definition) is 4. The average molecular weight is 398 g/mol. The molecule has 0 aliphatic carbocycles. The van der Waals surface area contributed by atoms with Crippen LogP contribution in [0.2, 0.25) is 5.02 Å². The van der Waals surface area contributed by atoms with Crippen LogP contribution in [-0.4, -0.2) is 24.2 Å². The molecule has 2 rings (SSSR count). The van der Waals surface area contributed by atoms with E-state index in [9.17, 15) is 18.4 Å². The predicted octanol–water partition coefficient (Wildman–Crippen LogP) is 4.85. The molecule has 1 amide bonds. The van der Waals surface area contributed by atoms with Crippen molar-refractivity contribution in [1.82, 2.24) is 0 Å². The molecule has 0 aromatic heterocycles. The van der Waals surface area contributed by atoms with Gasteiger partial charge in [0, 0.05) is 21.7 Å². The lowest BCUT2D eigenvalue weighted by atomic mass is 10.2. The Balaban J connectivity index is 1.79. The minimum atomic E-state index is -2.51. The Morgan fingerprint density at radius 2 is 1.85 bits per heavy atom. The lowest BCUT2D eigenvalue weighted by Gasteiger charge is -2.06. The maximum Gasteiger partial charge on any atom is 0.331 e. The maximum atomic E-state index is 12.2.